The zero-order valence-electron chi connectivity index (χ0n) is 12.4. The molecule has 2 N–H and O–H groups in total. The molecule has 20 heavy (non-hydrogen) atoms. The predicted octanol–water partition coefficient (Wildman–Crippen LogP) is 3.05. The van der Waals surface area contributed by atoms with E-state index in [1.54, 1.807) is 14.2 Å². The molecule has 2 aliphatic rings. The summed E-state index contributed by atoms with van der Waals surface area (Å²) in [4.78, 5) is 2.49. The molecule has 1 saturated carbocycles. The Kier molecular flexibility index (Phi) is 3.64. The first kappa shape index (κ1) is 13.4. The highest BCUT2D eigenvalue weighted by Crippen LogP contribution is 2.43. The molecule has 1 saturated heterocycles. The van der Waals surface area contributed by atoms with E-state index in [1.165, 1.54) is 32.1 Å². The van der Waals surface area contributed by atoms with Crippen LogP contribution in [0.3, 0.4) is 0 Å². The summed E-state index contributed by atoms with van der Waals surface area (Å²) in [6.07, 6.45) is 6.67. The molecule has 2 atom stereocenters. The van der Waals surface area contributed by atoms with Gasteiger partial charge in [0.15, 0.2) is 11.5 Å². The molecule has 0 aromatic heterocycles. The van der Waals surface area contributed by atoms with Gasteiger partial charge in [0.05, 0.1) is 25.6 Å². The van der Waals surface area contributed by atoms with Gasteiger partial charge in [-0.25, -0.2) is 0 Å². The summed E-state index contributed by atoms with van der Waals surface area (Å²) in [5.74, 6) is 2.31. The molecule has 0 bridgehead atoms. The van der Waals surface area contributed by atoms with Crippen LogP contribution >= 0.6 is 0 Å². The van der Waals surface area contributed by atoms with Crippen molar-refractivity contribution in [1.82, 2.24) is 0 Å². The van der Waals surface area contributed by atoms with Gasteiger partial charge in [0.1, 0.15) is 0 Å². The van der Waals surface area contributed by atoms with Crippen LogP contribution < -0.4 is 20.1 Å². The molecule has 4 heteroatoms. The van der Waals surface area contributed by atoms with E-state index in [0.29, 0.717) is 11.8 Å². The van der Waals surface area contributed by atoms with Crippen LogP contribution in [0.5, 0.6) is 11.5 Å². The number of ether oxygens (including phenoxy) is 2. The fourth-order valence-corrected chi connectivity index (χ4v) is 3.84. The maximum Gasteiger partial charge on any atom is 0.162 e. The molecular weight excluding hydrogens is 252 g/mol. The van der Waals surface area contributed by atoms with Gasteiger partial charge in [-0.05, 0) is 25.2 Å². The number of nitrogens with two attached hydrogens (primary N) is 1. The van der Waals surface area contributed by atoms with E-state index in [4.69, 9.17) is 15.2 Å². The third-order valence-corrected chi connectivity index (χ3v) is 4.85. The molecule has 4 nitrogen and oxygen atoms in total. The van der Waals surface area contributed by atoms with Crippen LogP contribution in [-0.2, 0) is 0 Å². The van der Waals surface area contributed by atoms with E-state index in [9.17, 15) is 0 Å². The van der Waals surface area contributed by atoms with Gasteiger partial charge in [0, 0.05) is 24.7 Å². The van der Waals surface area contributed by atoms with Crippen LogP contribution in [0.4, 0.5) is 11.4 Å². The Balaban J connectivity index is 1.93. The van der Waals surface area contributed by atoms with Crippen molar-refractivity contribution in [2.24, 2.45) is 5.92 Å². The lowest BCUT2D eigenvalue weighted by atomic mass is 9.85. The highest BCUT2D eigenvalue weighted by molar-refractivity contribution is 5.74. The van der Waals surface area contributed by atoms with Crippen LogP contribution in [0.1, 0.15) is 32.1 Å². The number of hydrogen-bond donors (Lipinski definition) is 1. The van der Waals surface area contributed by atoms with Gasteiger partial charge in [-0.3, -0.25) is 0 Å². The standard InChI is InChI=1S/C16H24N2O2/c1-19-15-9-12(17)14(10-16(15)20-2)18-8-7-11-5-3-4-6-13(11)18/h9-11,13H,3-8,17H2,1-2H3. The molecule has 1 aliphatic carbocycles. The molecular formula is C16H24N2O2. The molecule has 2 unspecified atom stereocenters. The van der Waals surface area contributed by atoms with Crippen molar-refractivity contribution in [3.8, 4) is 11.5 Å². The Labute approximate surface area is 120 Å². The fourth-order valence-electron chi connectivity index (χ4n) is 3.84. The Hall–Kier alpha value is -1.58. The molecule has 1 aromatic carbocycles. The summed E-state index contributed by atoms with van der Waals surface area (Å²) in [6, 6.07) is 4.57. The topological polar surface area (TPSA) is 47.7 Å². The Bertz CT molecular complexity index is 490. The normalized spacial score (nSPS) is 25.4. The Morgan fingerprint density at radius 3 is 2.50 bits per heavy atom. The van der Waals surface area contributed by atoms with Crippen molar-refractivity contribution in [3.63, 3.8) is 0 Å². The summed E-state index contributed by atoms with van der Waals surface area (Å²) < 4.78 is 10.7. The van der Waals surface area contributed by atoms with Crippen LogP contribution in [0, 0.1) is 5.92 Å². The van der Waals surface area contributed by atoms with Crippen LogP contribution in [0.2, 0.25) is 0 Å². The molecule has 2 fully saturated rings. The number of benzene rings is 1. The molecule has 0 amide bonds. The van der Waals surface area contributed by atoms with Gasteiger partial charge in [-0.2, -0.15) is 0 Å². The van der Waals surface area contributed by atoms with Crippen molar-refractivity contribution >= 4 is 11.4 Å². The number of nitrogen functional groups attached to an aromatic ring is 1. The van der Waals surface area contributed by atoms with Gasteiger partial charge in [0.2, 0.25) is 0 Å². The molecule has 0 radical (unpaired) electrons. The molecule has 110 valence electrons. The first-order chi connectivity index (χ1) is 9.74. The number of fused-ring (bicyclic) bond motifs is 1. The monoisotopic (exact) mass is 276 g/mol. The van der Waals surface area contributed by atoms with Gasteiger partial charge in [-0.15, -0.1) is 0 Å². The average molecular weight is 276 g/mol. The molecule has 3 rings (SSSR count). The van der Waals surface area contributed by atoms with E-state index >= 15 is 0 Å². The van der Waals surface area contributed by atoms with Crippen LogP contribution in [0.15, 0.2) is 12.1 Å². The minimum Gasteiger partial charge on any atom is -0.493 e. The lowest BCUT2D eigenvalue weighted by Crippen LogP contribution is -2.35. The number of hydrogen-bond acceptors (Lipinski definition) is 4. The van der Waals surface area contributed by atoms with Crippen LogP contribution in [-0.4, -0.2) is 26.8 Å². The molecule has 1 heterocycles. The third-order valence-electron chi connectivity index (χ3n) is 4.85. The van der Waals surface area contributed by atoms with E-state index in [-0.39, 0.29) is 0 Å². The Morgan fingerprint density at radius 1 is 1.05 bits per heavy atom. The van der Waals surface area contributed by atoms with Gasteiger partial charge >= 0.3 is 0 Å². The highest BCUT2D eigenvalue weighted by atomic mass is 16.5. The Morgan fingerprint density at radius 2 is 1.75 bits per heavy atom. The molecule has 0 spiro atoms. The summed E-state index contributed by atoms with van der Waals surface area (Å²) in [5.41, 5.74) is 8.14. The zero-order chi connectivity index (χ0) is 14.1. The largest absolute Gasteiger partial charge is 0.493 e. The number of anilines is 2. The maximum absolute atomic E-state index is 6.24. The minimum atomic E-state index is 0.657. The van der Waals surface area contributed by atoms with E-state index < -0.39 is 0 Å². The summed E-state index contributed by atoms with van der Waals surface area (Å²) in [5, 5.41) is 0. The average Bonchev–Trinajstić information content (AvgIpc) is 2.90. The van der Waals surface area contributed by atoms with Crippen molar-refractivity contribution in [1.29, 1.82) is 0 Å². The lowest BCUT2D eigenvalue weighted by molar-refractivity contribution is 0.341. The number of methoxy groups -OCH3 is 2. The van der Waals surface area contributed by atoms with Gasteiger partial charge in [0.25, 0.3) is 0 Å². The smallest absolute Gasteiger partial charge is 0.162 e. The van der Waals surface area contributed by atoms with E-state index in [2.05, 4.69) is 4.90 Å². The number of rotatable bonds is 3. The molecule has 1 aromatic rings. The lowest BCUT2D eigenvalue weighted by Gasteiger charge is -2.34. The SMILES string of the molecule is COc1cc(N)c(N2CCC3CCCCC32)cc1OC. The quantitative estimate of drug-likeness (QED) is 0.862. The second-order valence-corrected chi connectivity index (χ2v) is 5.86. The first-order valence-corrected chi connectivity index (χ1v) is 7.52. The second-order valence-electron chi connectivity index (χ2n) is 5.86. The predicted molar refractivity (Wildman–Crippen MR) is 81.7 cm³/mol. The van der Waals surface area contributed by atoms with E-state index in [0.717, 1.165) is 29.6 Å². The first-order valence-electron chi connectivity index (χ1n) is 7.52. The zero-order valence-corrected chi connectivity index (χ0v) is 12.4. The third kappa shape index (κ3) is 2.17. The summed E-state index contributed by atoms with van der Waals surface area (Å²) in [6.45, 7) is 1.11. The van der Waals surface area contributed by atoms with Crippen LogP contribution in [0.25, 0.3) is 0 Å². The van der Waals surface area contributed by atoms with Crippen molar-refractivity contribution in [2.75, 3.05) is 31.4 Å². The minimum absolute atomic E-state index is 0.657. The van der Waals surface area contributed by atoms with Crippen molar-refractivity contribution < 1.29 is 9.47 Å². The van der Waals surface area contributed by atoms with Gasteiger partial charge < -0.3 is 20.1 Å². The summed E-state index contributed by atoms with van der Waals surface area (Å²) in [7, 11) is 3.31. The summed E-state index contributed by atoms with van der Waals surface area (Å²) >= 11 is 0. The fraction of sp³-hybridized carbons (Fsp3) is 0.625. The van der Waals surface area contributed by atoms with Gasteiger partial charge in [-0.1, -0.05) is 12.8 Å². The van der Waals surface area contributed by atoms with Crippen molar-refractivity contribution in [2.45, 2.75) is 38.1 Å². The second kappa shape index (κ2) is 5.43. The number of nitrogens with zero attached hydrogens (tertiary/aromatic N) is 1. The highest BCUT2D eigenvalue weighted by Gasteiger charge is 2.36. The van der Waals surface area contributed by atoms with E-state index in [1.807, 2.05) is 12.1 Å². The van der Waals surface area contributed by atoms with Crippen molar-refractivity contribution in [3.05, 3.63) is 12.1 Å². The maximum atomic E-state index is 6.24. The molecule has 1 aliphatic heterocycles.